The van der Waals surface area contributed by atoms with Crippen molar-refractivity contribution in [1.82, 2.24) is 0 Å². The topological polar surface area (TPSA) is 57.0 Å². The number of hydrogen-bond acceptors (Lipinski definition) is 3. The lowest BCUT2D eigenvalue weighted by Crippen LogP contribution is -3.15. The molecule has 0 spiro atoms. The van der Waals surface area contributed by atoms with Crippen molar-refractivity contribution in [2.24, 2.45) is 0 Å². The van der Waals surface area contributed by atoms with Gasteiger partial charge in [0.1, 0.15) is 5.75 Å². The summed E-state index contributed by atoms with van der Waals surface area (Å²) in [5.41, 5.74) is 3.30. The van der Waals surface area contributed by atoms with E-state index in [2.05, 4.69) is 36.2 Å². The molecule has 1 heterocycles. The number of carbonyl (C=O) groups excluding carboxylic acids is 1. The molecular formula is C22H30N3O2+. The van der Waals surface area contributed by atoms with Crippen LogP contribution in [0, 0.1) is 0 Å². The average Bonchev–Trinajstić information content (AvgIpc) is 2.69. The summed E-state index contributed by atoms with van der Waals surface area (Å²) in [6.45, 7) is 8.59. The fourth-order valence-electron chi connectivity index (χ4n) is 3.48. The molecule has 1 fully saturated rings. The van der Waals surface area contributed by atoms with E-state index in [0.29, 0.717) is 12.5 Å². The predicted molar refractivity (Wildman–Crippen MR) is 110 cm³/mol. The summed E-state index contributed by atoms with van der Waals surface area (Å²) in [6, 6.07) is 15.5. The largest absolute Gasteiger partial charge is 0.508 e. The highest BCUT2D eigenvalue weighted by molar-refractivity contribution is 5.91. The van der Waals surface area contributed by atoms with Crippen molar-refractivity contribution in [3.8, 4) is 5.75 Å². The lowest BCUT2D eigenvalue weighted by molar-refractivity contribution is -0.892. The molecular weight excluding hydrogens is 338 g/mol. The van der Waals surface area contributed by atoms with Gasteiger partial charge in [-0.15, -0.1) is 0 Å². The monoisotopic (exact) mass is 368 g/mol. The summed E-state index contributed by atoms with van der Waals surface area (Å²) in [5, 5.41) is 12.4. The first kappa shape index (κ1) is 19.2. The van der Waals surface area contributed by atoms with Gasteiger partial charge in [-0.2, -0.15) is 0 Å². The Morgan fingerprint density at radius 1 is 1.11 bits per heavy atom. The van der Waals surface area contributed by atoms with Crippen LogP contribution in [0.15, 0.2) is 48.5 Å². The van der Waals surface area contributed by atoms with Gasteiger partial charge in [-0.3, -0.25) is 4.79 Å². The molecule has 27 heavy (non-hydrogen) atoms. The first-order valence-electron chi connectivity index (χ1n) is 9.82. The molecule has 1 aliphatic heterocycles. The second-order valence-corrected chi connectivity index (χ2v) is 7.41. The van der Waals surface area contributed by atoms with Crippen molar-refractivity contribution >= 4 is 17.3 Å². The van der Waals surface area contributed by atoms with E-state index in [-0.39, 0.29) is 11.7 Å². The van der Waals surface area contributed by atoms with E-state index < -0.39 is 0 Å². The molecule has 1 amide bonds. The Kier molecular flexibility index (Phi) is 6.35. The van der Waals surface area contributed by atoms with Crippen LogP contribution in [0.3, 0.4) is 0 Å². The summed E-state index contributed by atoms with van der Waals surface area (Å²) in [7, 11) is 0. The van der Waals surface area contributed by atoms with Crippen LogP contribution in [0.25, 0.3) is 0 Å². The van der Waals surface area contributed by atoms with Crippen LogP contribution in [-0.2, 0) is 4.79 Å². The minimum absolute atomic E-state index is 0.0689. The Morgan fingerprint density at radius 3 is 2.33 bits per heavy atom. The molecule has 144 valence electrons. The maximum atomic E-state index is 12.4. The van der Waals surface area contributed by atoms with Crippen LogP contribution in [0.2, 0.25) is 0 Å². The minimum Gasteiger partial charge on any atom is -0.508 e. The van der Waals surface area contributed by atoms with Crippen LogP contribution in [-0.4, -0.2) is 43.7 Å². The van der Waals surface area contributed by atoms with Crippen LogP contribution in [0.5, 0.6) is 5.75 Å². The molecule has 0 unspecified atom stereocenters. The Hall–Kier alpha value is -2.53. The van der Waals surface area contributed by atoms with Gasteiger partial charge in [0, 0.05) is 11.4 Å². The SMILES string of the molecule is CC[C@@H](C)c1ccc(NC(=O)C[NH+]2CCN(c3ccc(O)cc3)CC2)cc1. The normalized spacial score (nSPS) is 16.1. The maximum absolute atomic E-state index is 12.4. The highest BCUT2D eigenvalue weighted by atomic mass is 16.3. The molecule has 3 rings (SSSR count). The van der Waals surface area contributed by atoms with Crippen molar-refractivity contribution in [3.63, 3.8) is 0 Å². The van der Waals surface area contributed by atoms with E-state index in [9.17, 15) is 9.90 Å². The minimum atomic E-state index is 0.0689. The molecule has 0 bridgehead atoms. The van der Waals surface area contributed by atoms with E-state index >= 15 is 0 Å². The third kappa shape index (κ3) is 5.23. The number of carbonyl (C=O) groups is 1. The van der Waals surface area contributed by atoms with Crippen molar-refractivity contribution < 1.29 is 14.8 Å². The van der Waals surface area contributed by atoms with Gasteiger partial charge in [-0.1, -0.05) is 26.0 Å². The number of nitrogens with one attached hydrogen (secondary N) is 2. The molecule has 5 nitrogen and oxygen atoms in total. The van der Waals surface area contributed by atoms with Crippen LogP contribution >= 0.6 is 0 Å². The number of hydrogen-bond donors (Lipinski definition) is 3. The summed E-state index contributed by atoms with van der Waals surface area (Å²) >= 11 is 0. The first-order chi connectivity index (χ1) is 13.0. The number of benzene rings is 2. The lowest BCUT2D eigenvalue weighted by atomic mass is 9.99. The summed E-state index contributed by atoms with van der Waals surface area (Å²) in [4.78, 5) is 16.0. The highest BCUT2D eigenvalue weighted by Crippen LogP contribution is 2.20. The highest BCUT2D eigenvalue weighted by Gasteiger charge is 2.22. The van der Waals surface area contributed by atoms with Crippen LogP contribution < -0.4 is 15.1 Å². The molecule has 1 atom stereocenters. The number of phenols is 1. The zero-order valence-electron chi connectivity index (χ0n) is 16.2. The van der Waals surface area contributed by atoms with Gasteiger partial charge < -0.3 is 20.2 Å². The molecule has 0 aliphatic carbocycles. The smallest absolute Gasteiger partial charge is 0.279 e. The Morgan fingerprint density at radius 2 is 1.74 bits per heavy atom. The number of piperazine rings is 1. The Bertz CT molecular complexity index is 735. The van der Waals surface area contributed by atoms with Crippen LogP contribution in [0.1, 0.15) is 31.7 Å². The van der Waals surface area contributed by atoms with Crippen molar-refractivity contribution in [2.45, 2.75) is 26.2 Å². The van der Waals surface area contributed by atoms with E-state index in [4.69, 9.17) is 0 Å². The molecule has 1 saturated heterocycles. The number of aromatic hydroxyl groups is 1. The van der Waals surface area contributed by atoms with Crippen molar-refractivity contribution in [2.75, 3.05) is 42.9 Å². The second kappa shape index (κ2) is 8.91. The summed E-state index contributed by atoms with van der Waals surface area (Å²) < 4.78 is 0. The fraction of sp³-hybridized carbons (Fsp3) is 0.409. The van der Waals surface area contributed by atoms with Gasteiger partial charge in [0.05, 0.1) is 26.2 Å². The zero-order valence-corrected chi connectivity index (χ0v) is 16.2. The second-order valence-electron chi connectivity index (χ2n) is 7.41. The molecule has 3 N–H and O–H groups in total. The van der Waals surface area contributed by atoms with Gasteiger partial charge in [-0.05, 0) is 54.3 Å². The first-order valence-corrected chi connectivity index (χ1v) is 9.82. The fourth-order valence-corrected chi connectivity index (χ4v) is 3.48. The number of nitrogens with zero attached hydrogens (tertiary/aromatic N) is 1. The van der Waals surface area contributed by atoms with Gasteiger partial charge >= 0.3 is 0 Å². The predicted octanol–water partition coefficient (Wildman–Crippen LogP) is 2.25. The zero-order chi connectivity index (χ0) is 19.2. The molecule has 0 saturated carbocycles. The van der Waals surface area contributed by atoms with Gasteiger partial charge in [-0.25, -0.2) is 0 Å². The lowest BCUT2D eigenvalue weighted by Gasteiger charge is -2.33. The van der Waals surface area contributed by atoms with Crippen molar-refractivity contribution in [3.05, 3.63) is 54.1 Å². The van der Waals surface area contributed by atoms with E-state index in [1.807, 2.05) is 24.3 Å². The molecule has 0 radical (unpaired) electrons. The van der Waals surface area contributed by atoms with E-state index in [1.165, 1.54) is 10.5 Å². The standard InChI is InChI=1S/C22H29N3O2/c1-3-17(2)18-4-6-19(7-5-18)23-22(27)16-24-12-14-25(15-13-24)20-8-10-21(26)11-9-20/h4-11,17,26H,3,12-16H2,1-2H3,(H,23,27)/p+1/t17-/m1/s1. The third-order valence-electron chi connectivity index (χ3n) is 5.47. The molecule has 2 aromatic rings. The molecule has 2 aromatic carbocycles. The average molecular weight is 369 g/mol. The Labute approximate surface area is 161 Å². The molecule has 5 heteroatoms. The molecule has 1 aliphatic rings. The summed E-state index contributed by atoms with van der Waals surface area (Å²) in [5.74, 6) is 0.903. The number of phenolic OH excluding ortho intramolecular Hbond substituents is 1. The van der Waals surface area contributed by atoms with Gasteiger partial charge in [0.25, 0.3) is 5.91 Å². The summed E-state index contributed by atoms with van der Waals surface area (Å²) in [6.07, 6.45) is 1.12. The van der Waals surface area contributed by atoms with E-state index in [1.54, 1.807) is 12.1 Å². The maximum Gasteiger partial charge on any atom is 0.279 e. The van der Waals surface area contributed by atoms with Crippen molar-refractivity contribution in [1.29, 1.82) is 0 Å². The third-order valence-corrected chi connectivity index (χ3v) is 5.47. The molecule has 0 aromatic heterocycles. The van der Waals surface area contributed by atoms with E-state index in [0.717, 1.165) is 44.0 Å². The van der Waals surface area contributed by atoms with Crippen LogP contribution in [0.4, 0.5) is 11.4 Å². The quantitative estimate of drug-likeness (QED) is 0.733. The van der Waals surface area contributed by atoms with Gasteiger partial charge in [0.15, 0.2) is 6.54 Å². The Balaban J connectivity index is 1.46. The number of quaternary nitrogens is 1. The number of anilines is 2. The number of amides is 1. The number of rotatable bonds is 6. The van der Waals surface area contributed by atoms with Gasteiger partial charge in [0.2, 0.25) is 0 Å².